The molecule has 2 heterocycles. The molecule has 0 spiro atoms. The summed E-state index contributed by atoms with van der Waals surface area (Å²) in [6.45, 7) is 6.09. The van der Waals surface area contributed by atoms with E-state index in [2.05, 4.69) is 22.0 Å². The first-order valence-electron chi connectivity index (χ1n) is 5.38. The standard InChI is InChI=1S/C11H14ClN5/c1-4-8-6(2)16-17(7(8)3)10-5-9(12)14-11(13)15-10/h5H,4H2,1-3H3,(H2,13,14,15). The van der Waals surface area contributed by atoms with Gasteiger partial charge in [0.15, 0.2) is 5.82 Å². The number of aromatic nitrogens is 4. The van der Waals surface area contributed by atoms with E-state index in [4.69, 9.17) is 17.3 Å². The van der Waals surface area contributed by atoms with Crippen molar-refractivity contribution in [3.05, 3.63) is 28.2 Å². The Morgan fingerprint density at radius 3 is 2.59 bits per heavy atom. The fourth-order valence-corrected chi connectivity index (χ4v) is 2.13. The molecule has 2 aromatic rings. The molecule has 0 amide bonds. The maximum Gasteiger partial charge on any atom is 0.223 e. The number of nitrogens with two attached hydrogens (primary N) is 1. The summed E-state index contributed by atoms with van der Waals surface area (Å²) in [4.78, 5) is 7.97. The van der Waals surface area contributed by atoms with Crippen LogP contribution in [-0.2, 0) is 6.42 Å². The number of halogens is 1. The molecule has 0 unspecified atom stereocenters. The van der Waals surface area contributed by atoms with Gasteiger partial charge in [-0.3, -0.25) is 0 Å². The highest BCUT2D eigenvalue weighted by atomic mass is 35.5. The lowest BCUT2D eigenvalue weighted by Gasteiger charge is -2.05. The summed E-state index contributed by atoms with van der Waals surface area (Å²) in [5.74, 6) is 0.751. The van der Waals surface area contributed by atoms with Gasteiger partial charge in [0.05, 0.1) is 5.69 Å². The fourth-order valence-electron chi connectivity index (χ4n) is 1.94. The first kappa shape index (κ1) is 11.9. The van der Waals surface area contributed by atoms with Crippen LogP contribution in [0.25, 0.3) is 5.82 Å². The smallest absolute Gasteiger partial charge is 0.223 e. The Morgan fingerprint density at radius 1 is 1.35 bits per heavy atom. The topological polar surface area (TPSA) is 69.6 Å². The zero-order chi connectivity index (χ0) is 12.6. The minimum Gasteiger partial charge on any atom is -0.368 e. The van der Waals surface area contributed by atoms with Gasteiger partial charge in [-0.1, -0.05) is 18.5 Å². The highest BCUT2D eigenvalue weighted by Crippen LogP contribution is 2.19. The number of aryl methyl sites for hydroxylation is 1. The first-order chi connectivity index (χ1) is 8.02. The Kier molecular flexibility index (Phi) is 3.02. The van der Waals surface area contributed by atoms with Crippen molar-refractivity contribution in [2.75, 3.05) is 5.73 Å². The molecule has 2 aromatic heterocycles. The Balaban J connectivity index is 2.60. The molecule has 17 heavy (non-hydrogen) atoms. The molecule has 0 radical (unpaired) electrons. The summed E-state index contributed by atoms with van der Waals surface area (Å²) in [6, 6.07) is 1.65. The van der Waals surface area contributed by atoms with Crippen molar-refractivity contribution in [1.82, 2.24) is 19.7 Å². The molecule has 0 atom stereocenters. The second kappa shape index (κ2) is 4.33. The van der Waals surface area contributed by atoms with Gasteiger partial charge in [0.1, 0.15) is 5.15 Å². The SMILES string of the molecule is CCc1c(C)nn(-c2cc(Cl)nc(N)n2)c1C. The van der Waals surface area contributed by atoms with Crippen molar-refractivity contribution >= 4 is 17.5 Å². The lowest BCUT2D eigenvalue weighted by molar-refractivity contribution is 0.802. The van der Waals surface area contributed by atoms with Crippen LogP contribution in [0.5, 0.6) is 0 Å². The van der Waals surface area contributed by atoms with Crippen molar-refractivity contribution in [2.24, 2.45) is 0 Å². The molecule has 6 heteroatoms. The zero-order valence-corrected chi connectivity index (χ0v) is 10.8. The van der Waals surface area contributed by atoms with E-state index in [0.29, 0.717) is 11.0 Å². The van der Waals surface area contributed by atoms with Gasteiger partial charge in [0.2, 0.25) is 5.95 Å². The summed E-state index contributed by atoms with van der Waals surface area (Å²) in [5, 5.41) is 4.76. The largest absolute Gasteiger partial charge is 0.368 e. The molecule has 0 fully saturated rings. The molecule has 0 aliphatic rings. The number of hydrogen-bond acceptors (Lipinski definition) is 4. The molecular weight excluding hydrogens is 238 g/mol. The molecule has 0 saturated heterocycles. The Hall–Kier alpha value is -1.62. The Bertz CT molecular complexity index is 541. The number of nitrogens with zero attached hydrogens (tertiary/aromatic N) is 4. The number of hydrogen-bond donors (Lipinski definition) is 1. The number of nitrogen functional groups attached to an aromatic ring is 1. The molecule has 0 saturated carbocycles. The highest BCUT2D eigenvalue weighted by Gasteiger charge is 2.13. The molecule has 0 bridgehead atoms. The third-order valence-corrected chi connectivity index (χ3v) is 2.90. The second-order valence-corrected chi connectivity index (χ2v) is 4.21. The van der Waals surface area contributed by atoms with E-state index in [1.54, 1.807) is 10.7 Å². The van der Waals surface area contributed by atoms with Crippen molar-refractivity contribution in [3.63, 3.8) is 0 Å². The first-order valence-corrected chi connectivity index (χ1v) is 5.76. The van der Waals surface area contributed by atoms with E-state index in [1.165, 1.54) is 5.56 Å². The van der Waals surface area contributed by atoms with Gasteiger partial charge in [-0.25, -0.2) is 9.67 Å². The van der Waals surface area contributed by atoms with Crippen LogP contribution in [0.2, 0.25) is 5.15 Å². The number of anilines is 1. The van der Waals surface area contributed by atoms with Crippen molar-refractivity contribution in [3.8, 4) is 5.82 Å². The summed E-state index contributed by atoms with van der Waals surface area (Å²) < 4.78 is 1.75. The molecule has 0 aliphatic heterocycles. The van der Waals surface area contributed by atoms with Gasteiger partial charge in [-0.05, 0) is 25.8 Å². The van der Waals surface area contributed by atoms with Crippen LogP contribution in [0.15, 0.2) is 6.07 Å². The summed E-state index contributed by atoms with van der Waals surface area (Å²) >= 11 is 5.86. The monoisotopic (exact) mass is 251 g/mol. The van der Waals surface area contributed by atoms with Crippen LogP contribution < -0.4 is 5.73 Å². The summed E-state index contributed by atoms with van der Waals surface area (Å²) in [5.41, 5.74) is 8.85. The van der Waals surface area contributed by atoms with E-state index in [1.807, 2.05) is 13.8 Å². The van der Waals surface area contributed by atoms with E-state index in [9.17, 15) is 0 Å². The summed E-state index contributed by atoms with van der Waals surface area (Å²) in [7, 11) is 0. The molecule has 90 valence electrons. The average molecular weight is 252 g/mol. The fraction of sp³-hybridized carbons (Fsp3) is 0.364. The van der Waals surface area contributed by atoms with Crippen LogP contribution in [0.4, 0.5) is 5.95 Å². The second-order valence-electron chi connectivity index (χ2n) is 3.82. The normalized spacial score (nSPS) is 10.8. The van der Waals surface area contributed by atoms with Crippen LogP contribution in [0, 0.1) is 13.8 Å². The number of rotatable bonds is 2. The van der Waals surface area contributed by atoms with Gasteiger partial charge in [0.25, 0.3) is 0 Å². The van der Waals surface area contributed by atoms with Crippen LogP contribution in [-0.4, -0.2) is 19.7 Å². The third kappa shape index (κ3) is 2.10. The van der Waals surface area contributed by atoms with E-state index in [-0.39, 0.29) is 5.95 Å². The van der Waals surface area contributed by atoms with Gasteiger partial charge in [-0.2, -0.15) is 10.1 Å². The molecule has 0 aliphatic carbocycles. The quantitative estimate of drug-likeness (QED) is 0.830. The van der Waals surface area contributed by atoms with Gasteiger partial charge in [-0.15, -0.1) is 0 Å². The van der Waals surface area contributed by atoms with Gasteiger partial charge >= 0.3 is 0 Å². The van der Waals surface area contributed by atoms with Crippen molar-refractivity contribution in [1.29, 1.82) is 0 Å². The highest BCUT2D eigenvalue weighted by molar-refractivity contribution is 6.29. The van der Waals surface area contributed by atoms with E-state index >= 15 is 0 Å². The lowest BCUT2D eigenvalue weighted by atomic mass is 10.1. The van der Waals surface area contributed by atoms with E-state index in [0.717, 1.165) is 17.8 Å². The minimum atomic E-state index is 0.151. The van der Waals surface area contributed by atoms with Crippen molar-refractivity contribution in [2.45, 2.75) is 27.2 Å². The molecule has 2 rings (SSSR count). The molecule has 2 N–H and O–H groups in total. The third-order valence-electron chi connectivity index (χ3n) is 2.71. The van der Waals surface area contributed by atoms with Crippen LogP contribution >= 0.6 is 11.6 Å². The maximum atomic E-state index is 5.86. The molecular formula is C11H14ClN5. The predicted molar refractivity (Wildman–Crippen MR) is 67.4 cm³/mol. The lowest BCUT2D eigenvalue weighted by Crippen LogP contribution is -2.06. The minimum absolute atomic E-state index is 0.151. The molecule has 5 nitrogen and oxygen atoms in total. The predicted octanol–water partition coefficient (Wildman–Crippen LogP) is 2.08. The maximum absolute atomic E-state index is 5.86. The average Bonchev–Trinajstić information content (AvgIpc) is 2.52. The van der Waals surface area contributed by atoms with Crippen molar-refractivity contribution < 1.29 is 0 Å². The van der Waals surface area contributed by atoms with E-state index < -0.39 is 0 Å². The van der Waals surface area contributed by atoms with Crippen LogP contribution in [0.1, 0.15) is 23.9 Å². The Morgan fingerprint density at radius 2 is 2.06 bits per heavy atom. The van der Waals surface area contributed by atoms with Gasteiger partial charge < -0.3 is 5.73 Å². The van der Waals surface area contributed by atoms with Gasteiger partial charge in [0, 0.05) is 11.8 Å². The zero-order valence-electron chi connectivity index (χ0n) is 10.0. The van der Waals surface area contributed by atoms with Crippen LogP contribution in [0.3, 0.4) is 0 Å². The summed E-state index contributed by atoms with van der Waals surface area (Å²) in [6.07, 6.45) is 0.936. The Labute approximate surface area is 105 Å². The molecule has 0 aromatic carbocycles.